The molecule has 0 aromatic carbocycles. The fourth-order valence-corrected chi connectivity index (χ4v) is 6.25. The molecule has 1 aliphatic heterocycles. The van der Waals surface area contributed by atoms with Gasteiger partial charge < -0.3 is 23.9 Å². The number of hydrogen-bond donors (Lipinski definition) is 1. The van der Waals surface area contributed by atoms with Gasteiger partial charge in [-0.15, -0.1) is 5.10 Å². The number of amides is 1. The first-order valence-corrected chi connectivity index (χ1v) is 18.8. The Morgan fingerprint density at radius 3 is 2.55 bits per heavy atom. The van der Waals surface area contributed by atoms with E-state index >= 15 is 0 Å². The number of carbonyl (C=O) groups excluding carboxylic acids is 1. The van der Waals surface area contributed by atoms with Gasteiger partial charge in [-0.1, -0.05) is 26.0 Å². The van der Waals surface area contributed by atoms with Crippen molar-refractivity contribution < 1.29 is 28.2 Å². The molecule has 0 radical (unpaired) electrons. The van der Waals surface area contributed by atoms with Crippen molar-refractivity contribution in [3.05, 3.63) is 60.1 Å². The third-order valence-electron chi connectivity index (χ3n) is 8.93. The molecule has 0 aliphatic carbocycles. The molecule has 3 atom stereocenters. The van der Waals surface area contributed by atoms with Gasteiger partial charge >= 0.3 is 6.09 Å². The van der Waals surface area contributed by atoms with Crippen molar-refractivity contribution in [2.45, 2.75) is 96.9 Å². The fraction of sp³-hybridized carbons (Fsp3) is 0.545. The number of nitrogens with zero attached hydrogens (tertiary/aromatic N) is 7. The standard InChI is InChI=1S/C33H46FN7O5Si/c1-21-30(37-38-41(21)25-13-15-39(19-27(25)42)31(43)46-32(2,3)4)22-16-28(26-12-14-36-40(26)18-22)45-29(24-11-10-23(34)17-35-24)20-44-47(8,9)33(5,6)7/h10-12,14,16-18,25,27,29,42H,13,15,19-20H2,1-9H3/t25-,27-,29?/m0/s1. The Morgan fingerprint density at radius 1 is 1.17 bits per heavy atom. The molecule has 47 heavy (non-hydrogen) atoms. The van der Waals surface area contributed by atoms with E-state index in [4.69, 9.17) is 13.9 Å². The summed E-state index contributed by atoms with van der Waals surface area (Å²) in [5.74, 6) is 0.0896. The van der Waals surface area contributed by atoms with Crippen LogP contribution in [0, 0.1) is 12.7 Å². The van der Waals surface area contributed by atoms with Crippen LogP contribution in [0.2, 0.25) is 18.1 Å². The number of ether oxygens (including phenoxy) is 2. The van der Waals surface area contributed by atoms with Gasteiger partial charge in [-0.25, -0.2) is 18.4 Å². The summed E-state index contributed by atoms with van der Waals surface area (Å²) in [4.78, 5) is 18.5. The average molecular weight is 668 g/mol. The second-order valence-corrected chi connectivity index (χ2v) is 19.5. The number of carbonyl (C=O) groups is 1. The monoisotopic (exact) mass is 667 g/mol. The molecule has 1 saturated heterocycles. The Kier molecular flexibility index (Phi) is 9.50. The van der Waals surface area contributed by atoms with Gasteiger partial charge in [-0.05, 0) is 76.5 Å². The van der Waals surface area contributed by atoms with Crippen LogP contribution in [0.25, 0.3) is 16.8 Å². The summed E-state index contributed by atoms with van der Waals surface area (Å²) in [6, 6.07) is 6.33. The maximum atomic E-state index is 13.8. The molecule has 5 rings (SSSR count). The SMILES string of the molecule is Cc1c(-c2cc(OC(CO[Si](C)(C)C(C)(C)C)c3ccc(F)cn3)c3ccnn3c2)nnn1[C@H]1CCN(C(=O)OC(C)(C)C)C[C@@H]1O. The molecule has 12 nitrogen and oxygen atoms in total. The van der Waals surface area contributed by atoms with Crippen molar-refractivity contribution >= 4 is 19.9 Å². The number of pyridine rings is 2. The topological polar surface area (TPSA) is 129 Å². The zero-order valence-electron chi connectivity index (χ0n) is 28.7. The summed E-state index contributed by atoms with van der Waals surface area (Å²) in [5, 5.41) is 24.5. The predicted molar refractivity (Wildman–Crippen MR) is 177 cm³/mol. The summed E-state index contributed by atoms with van der Waals surface area (Å²) in [6.07, 6.45) is 3.26. The van der Waals surface area contributed by atoms with Crippen molar-refractivity contribution in [3.8, 4) is 17.0 Å². The lowest BCUT2D eigenvalue weighted by atomic mass is 10.0. The number of aliphatic hydroxyl groups is 1. The van der Waals surface area contributed by atoms with Gasteiger partial charge in [-0.3, -0.25) is 4.98 Å². The molecule has 0 spiro atoms. The number of β-amino-alcohol motifs (C(OH)–C–C–N with tert-alkyl or cyclic N) is 1. The Hall–Kier alpha value is -3.88. The Bertz CT molecular complexity index is 1710. The quantitative estimate of drug-likeness (QED) is 0.221. The van der Waals surface area contributed by atoms with Crippen LogP contribution in [-0.4, -0.2) is 85.4 Å². The van der Waals surface area contributed by atoms with Crippen LogP contribution in [0.5, 0.6) is 5.75 Å². The summed E-state index contributed by atoms with van der Waals surface area (Å²) >= 11 is 0. The lowest BCUT2D eigenvalue weighted by Gasteiger charge is -2.37. The van der Waals surface area contributed by atoms with E-state index in [1.165, 1.54) is 17.2 Å². The van der Waals surface area contributed by atoms with Crippen LogP contribution in [0.1, 0.15) is 71.5 Å². The molecule has 1 aliphatic rings. The minimum Gasteiger partial charge on any atom is -0.479 e. The maximum Gasteiger partial charge on any atom is 0.410 e. The number of aromatic nitrogens is 6. The highest BCUT2D eigenvalue weighted by Crippen LogP contribution is 2.38. The number of fused-ring (bicyclic) bond motifs is 1. The number of likely N-dealkylation sites (tertiary alicyclic amines) is 1. The van der Waals surface area contributed by atoms with Gasteiger partial charge in [0.05, 0.1) is 49.1 Å². The van der Waals surface area contributed by atoms with E-state index in [-0.39, 0.29) is 24.2 Å². The number of piperidine rings is 1. The predicted octanol–water partition coefficient (Wildman–Crippen LogP) is 6.12. The molecule has 4 aromatic rings. The largest absolute Gasteiger partial charge is 0.479 e. The summed E-state index contributed by atoms with van der Waals surface area (Å²) in [5.41, 5.74) is 2.70. The van der Waals surface area contributed by atoms with Crippen LogP contribution in [0.4, 0.5) is 9.18 Å². The van der Waals surface area contributed by atoms with Crippen molar-refractivity contribution in [1.82, 2.24) is 34.5 Å². The van der Waals surface area contributed by atoms with E-state index in [1.54, 1.807) is 21.5 Å². The third kappa shape index (κ3) is 7.65. The van der Waals surface area contributed by atoms with Crippen molar-refractivity contribution in [1.29, 1.82) is 0 Å². The van der Waals surface area contributed by atoms with Crippen molar-refractivity contribution in [2.24, 2.45) is 0 Å². The highest BCUT2D eigenvalue weighted by atomic mass is 28.4. The van der Waals surface area contributed by atoms with E-state index in [0.717, 1.165) is 11.2 Å². The fourth-order valence-electron chi connectivity index (χ4n) is 5.25. The van der Waals surface area contributed by atoms with Crippen molar-refractivity contribution in [3.63, 3.8) is 0 Å². The molecule has 0 saturated carbocycles. The first-order valence-electron chi connectivity index (χ1n) is 15.9. The smallest absolute Gasteiger partial charge is 0.410 e. The number of aliphatic hydroxyl groups excluding tert-OH is 1. The van der Waals surface area contributed by atoms with Crippen LogP contribution >= 0.6 is 0 Å². The molecular formula is C33H46FN7O5Si. The first kappa shape index (κ1) is 34.5. The molecule has 1 unspecified atom stereocenters. The van der Waals surface area contributed by atoms with E-state index in [0.29, 0.717) is 35.7 Å². The maximum absolute atomic E-state index is 13.8. The van der Waals surface area contributed by atoms with E-state index in [2.05, 4.69) is 54.3 Å². The molecule has 14 heteroatoms. The highest BCUT2D eigenvalue weighted by molar-refractivity contribution is 6.74. The van der Waals surface area contributed by atoms with E-state index < -0.39 is 38.0 Å². The molecule has 4 aromatic heterocycles. The molecule has 1 amide bonds. The third-order valence-corrected chi connectivity index (χ3v) is 13.4. The zero-order chi connectivity index (χ0) is 34.3. The summed E-state index contributed by atoms with van der Waals surface area (Å²) in [6.45, 7) is 19.0. The Balaban J connectivity index is 1.42. The lowest BCUT2D eigenvalue weighted by molar-refractivity contribution is -0.0123. The molecule has 1 N–H and O–H groups in total. The minimum absolute atomic E-state index is 0.0182. The second-order valence-electron chi connectivity index (χ2n) is 14.7. The normalized spacial score (nSPS) is 18.4. The molecule has 254 valence electrons. The summed E-state index contributed by atoms with van der Waals surface area (Å²) in [7, 11) is -2.15. The molecule has 5 heterocycles. The van der Waals surface area contributed by atoms with Gasteiger partial charge in [-0.2, -0.15) is 5.10 Å². The first-order chi connectivity index (χ1) is 21.9. The average Bonchev–Trinajstić information content (AvgIpc) is 3.61. The zero-order valence-corrected chi connectivity index (χ0v) is 29.7. The number of rotatable bonds is 8. The van der Waals surface area contributed by atoms with Gasteiger partial charge in [0.25, 0.3) is 0 Å². The van der Waals surface area contributed by atoms with Gasteiger partial charge in [0.1, 0.15) is 28.4 Å². The summed E-state index contributed by atoms with van der Waals surface area (Å²) < 4.78 is 35.9. The van der Waals surface area contributed by atoms with Crippen LogP contribution in [0.3, 0.4) is 0 Å². The molecule has 1 fully saturated rings. The highest BCUT2D eigenvalue weighted by Gasteiger charge is 2.38. The Morgan fingerprint density at radius 2 is 1.91 bits per heavy atom. The van der Waals surface area contributed by atoms with Gasteiger partial charge in [0.2, 0.25) is 0 Å². The molecule has 0 bridgehead atoms. The second kappa shape index (κ2) is 13.0. The van der Waals surface area contributed by atoms with Gasteiger partial charge in [0.15, 0.2) is 14.4 Å². The van der Waals surface area contributed by atoms with E-state index in [9.17, 15) is 14.3 Å². The van der Waals surface area contributed by atoms with Crippen LogP contribution in [0.15, 0.2) is 42.9 Å². The minimum atomic E-state index is -2.15. The molecular weight excluding hydrogens is 621 g/mol. The van der Waals surface area contributed by atoms with Crippen LogP contribution < -0.4 is 4.74 Å². The number of halogens is 1. The number of hydrogen-bond acceptors (Lipinski definition) is 9. The Labute approximate surface area is 276 Å². The van der Waals surface area contributed by atoms with Gasteiger partial charge in [0, 0.05) is 18.3 Å². The van der Waals surface area contributed by atoms with Crippen LogP contribution in [-0.2, 0) is 9.16 Å². The lowest BCUT2D eigenvalue weighted by Crippen LogP contribution is -2.49. The van der Waals surface area contributed by atoms with E-state index in [1.807, 2.05) is 46.0 Å². The van der Waals surface area contributed by atoms with Crippen molar-refractivity contribution in [2.75, 3.05) is 19.7 Å².